The fourth-order valence-corrected chi connectivity index (χ4v) is 2.80. The number of hydrogen-bond donors (Lipinski definition) is 1. The van der Waals surface area contributed by atoms with E-state index in [2.05, 4.69) is 41.3 Å². The summed E-state index contributed by atoms with van der Waals surface area (Å²) in [4.78, 5) is 12.3. The first-order valence-electron chi connectivity index (χ1n) is 9.00. The molecule has 140 valence electrons. The number of rotatable bonds is 6. The maximum atomic E-state index is 12.3. The largest absolute Gasteiger partial charge is 0.343 e. The standard InChI is InChI=1S/C21H25N5O/c1-15(2)18-6-5-7-19(12-18)20-23-24-21(27)26(20)14-17-10-8-16(9-11-17)13-22-25(3)4/h5-13,15H,14H2,1-4H3,(H,24,27). The number of H-pyrrole nitrogens is 1. The molecule has 0 aliphatic heterocycles. The van der Waals surface area contributed by atoms with Gasteiger partial charge < -0.3 is 5.01 Å². The van der Waals surface area contributed by atoms with Gasteiger partial charge in [-0.3, -0.25) is 4.57 Å². The summed E-state index contributed by atoms with van der Waals surface area (Å²) in [6.45, 7) is 4.76. The van der Waals surface area contributed by atoms with Crippen LogP contribution in [0, 0.1) is 0 Å². The Labute approximate surface area is 159 Å². The lowest BCUT2D eigenvalue weighted by atomic mass is 10.0. The maximum absolute atomic E-state index is 12.3. The number of aromatic nitrogens is 3. The third-order valence-electron chi connectivity index (χ3n) is 4.33. The number of benzene rings is 2. The van der Waals surface area contributed by atoms with Gasteiger partial charge in [0.2, 0.25) is 0 Å². The molecule has 1 heterocycles. The van der Waals surface area contributed by atoms with Crippen molar-refractivity contribution in [2.45, 2.75) is 26.3 Å². The monoisotopic (exact) mass is 363 g/mol. The first-order chi connectivity index (χ1) is 12.9. The third-order valence-corrected chi connectivity index (χ3v) is 4.33. The Hall–Kier alpha value is -3.15. The zero-order chi connectivity index (χ0) is 19.4. The summed E-state index contributed by atoms with van der Waals surface area (Å²) in [5, 5.41) is 12.8. The summed E-state index contributed by atoms with van der Waals surface area (Å²) in [5.74, 6) is 1.07. The summed E-state index contributed by atoms with van der Waals surface area (Å²) in [5.41, 5.74) is 3.99. The quantitative estimate of drug-likeness (QED) is 0.540. The average molecular weight is 363 g/mol. The zero-order valence-electron chi connectivity index (χ0n) is 16.2. The molecule has 1 aromatic heterocycles. The van der Waals surface area contributed by atoms with Crippen LogP contribution in [0.15, 0.2) is 58.4 Å². The molecule has 0 aliphatic carbocycles. The lowest BCUT2D eigenvalue weighted by molar-refractivity contribution is 0.440. The predicted octanol–water partition coefficient (Wildman–Crippen LogP) is 3.31. The molecule has 3 aromatic rings. The molecular weight excluding hydrogens is 338 g/mol. The number of nitrogens with zero attached hydrogens (tertiary/aromatic N) is 4. The van der Waals surface area contributed by atoms with Crippen LogP contribution in [0.4, 0.5) is 0 Å². The molecule has 0 atom stereocenters. The zero-order valence-corrected chi connectivity index (χ0v) is 16.2. The Morgan fingerprint density at radius 2 is 1.93 bits per heavy atom. The van der Waals surface area contributed by atoms with Gasteiger partial charge in [-0.1, -0.05) is 56.3 Å². The van der Waals surface area contributed by atoms with Crippen LogP contribution in [0.3, 0.4) is 0 Å². The van der Waals surface area contributed by atoms with Crippen molar-refractivity contribution in [3.8, 4) is 11.4 Å². The van der Waals surface area contributed by atoms with Gasteiger partial charge in [-0.15, -0.1) is 0 Å². The number of hydrazone groups is 1. The second-order valence-corrected chi connectivity index (χ2v) is 7.05. The smallest absolute Gasteiger partial charge is 0.303 e. The minimum atomic E-state index is -0.210. The second kappa shape index (κ2) is 8.03. The Morgan fingerprint density at radius 3 is 2.59 bits per heavy atom. The molecule has 27 heavy (non-hydrogen) atoms. The highest BCUT2D eigenvalue weighted by atomic mass is 16.1. The van der Waals surface area contributed by atoms with E-state index in [9.17, 15) is 4.79 Å². The third kappa shape index (κ3) is 4.53. The van der Waals surface area contributed by atoms with Crippen LogP contribution in [-0.2, 0) is 6.54 Å². The second-order valence-electron chi connectivity index (χ2n) is 7.05. The minimum absolute atomic E-state index is 0.210. The van der Waals surface area contributed by atoms with E-state index < -0.39 is 0 Å². The fraction of sp³-hybridized carbons (Fsp3) is 0.286. The summed E-state index contributed by atoms with van der Waals surface area (Å²) in [7, 11) is 3.76. The van der Waals surface area contributed by atoms with Crippen molar-refractivity contribution in [3.05, 3.63) is 75.7 Å². The molecule has 1 N–H and O–H groups in total. The van der Waals surface area contributed by atoms with E-state index in [1.807, 2.05) is 50.5 Å². The van der Waals surface area contributed by atoms with E-state index in [4.69, 9.17) is 0 Å². The molecule has 2 aromatic carbocycles. The highest BCUT2D eigenvalue weighted by Crippen LogP contribution is 2.22. The minimum Gasteiger partial charge on any atom is -0.303 e. The first-order valence-corrected chi connectivity index (χ1v) is 9.00. The van der Waals surface area contributed by atoms with Crippen LogP contribution >= 0.6 is 0 Å². The van der Waals surface area contributed by atoms with Gasteiger partial charge in [-0.05, 0) is 28.7 Å². The van der Waals surface area contributed by atoms with Crippen molar-refractivity contribution in [2.24, 2.45) is 5.10 Å². The van der Waals surface area contributed by atoms with Crippen LogP contribution in [-0.4, -0.2) is 40.1 Å². The van der Waals surface area contributed by atoms with Gasteiger partial charge >= 0.3 is 5.69 Å². The fourth-order valence-electron chi connectivity index (χ4n) is 2.80. The van der Waals surface area contributed by atoms with Crippen LogP contribution in [0.1, 0.15) is 36.5 Å². The average Bonchev–Trinajstić information content (AvgIpc) is 3.01. The van der Waals surface area contributed by atoms with Gasteiger partial charge in [0.05, 0.1) is 12.8 Å². The van der Waals surface area contributed by atoms with E-state index in [0.717, 1.165) is 16.7 Å². The molecular formula is C21H25N5O. The van der Waals surface area contributed by atoms with Crippen molar-refractivity contribution >= 4 is 6.21 Å². The van der Waals surface area contributed by atoms with Gasteiger partial charge in [0.15, 0.2) is 5.82 Å². The van der Waals surface area contributed by atoms with E-state index >= 15 is 0 Å². The number of hydrogen-bond acceptors (Lipinski definition) is 4. The van der Waals surface area contributed by atoms with E-state index in [1.54, 1.807) is 15.8 Å². The van der Waals surface area contributed by atoms with Gasteiger partial charge in [0, 0.05) is 19.7 Å². The molecule has 0 unspecified atom stereocenters. The SMILES string of the molecule is CC(C)c1cccc(-c2n[nH]c(=O)n2Cc2ccc(C=NN(C)C)cc2)c1. The number of nitrogens with one attached hydrogen (secondary N) is 1. The lowest BCUT2D eigenvalue weighted by Crippen LogP contribution is -2.18. The van der Waals surface area contributed by atoms with Gasteiger partial charge in [-0.25, -0.2) is 9.89 Å². The predicted molar refractivity (Wildman–Crippen MR) is 109 cm³/mol. The van der Waals surface area contributed by atoms with Crippen molar-refractivity contribution < 1.29 is 0 Å². The topological polar surface area (TPSA) is 66.3 Å². The molecule has 0 saturated heterocycles. The van der Waals surface area contributed by atoms with Crippen LogP contribution in [0.2, 0.25) is 0 Å². The molecule has 0 spiro atoms. The molecule has 6 nitrogen and oxygen atoms in total. The summed E-state index contributed by atoms with van der Waals surface area (Å²) < 4.78 is 1.67. The normalized spacial score (nSPS) is 11.4. The molecule has 0 bridgehead atoms. The summed E-state index contributed by atoms with van der Waals surface area (Å²) in [6, 6.07) is 16.2. The van der Waals surface area contributed by atoms with Gasteiger partial charge in [0.25, 0.3) is 0 Å². The first kappa shape index (κ1) is 18.6. The van der Waals surface area contributed by atoms with Crippen molar-refractivity contribution in [1.82, 2.24) is 19.8 Å². The van der Waals surface area contributed by atoms with Gasteiger partial charge in [0.1, 0.15) is 0 Å². The van der Waals surface area contributed by atoms with Crippen molar-refractivity contribution in [3.63, 3.8) is 0 Å². The Bertz CT molecular complexity index is 980. The Balaban J connectivity index is 1.87. The molecule has 0 aliphatic rings. The molecule has 0 amide bonds. The Morgan fingerprint density at radius 1 is 1.19 bits per heavy atom. The van der Waals surface area contributed by atoms with Crippen molar-refractivity contribution in [1.29, 1.82) is 0 Å². The molecule has 0 radical (unpaired) electrons. The number of aromatic amines is 1. The summed E-state index contributed by atoms with van der Waals surface area (Å²) >= 11 is 0. The Kier molecular flexibility index (Phi) is 5.54. The highest BCUT2D eigenvalue weighted by molar-refractivity contribution is 5.79. The van der Waals surface area contributed by atoms with Crippen molar-refractivity contribution in [2.75, 3.05) is 14.1 Å². The van der Waals surface area contributed by atoms with E-state index in [0.29, 0.717) is 18.3 Å². The van der Waals surface area contributed by atoms with Crippen LogP contribution in [0.5, 0.6) is 0 Å². The molecule has 6 heteroatoms. The highest BCUT2D eigenvalue weighted by Gasteiger charge is 2.12. The maximum Gasteiger partial charge on any atom is 0.343 e. The molecule has 0 fully saturated rings. The van der Waals surface area contributed by atoms with E-state index in [-0.39, 0.29) is 5.69 Å². The van der Waals surface area contributed by atoms with Crippen LogP contribution < -0.4 is 5.69 Å². The van der Waals surface area contributed by atoms with Crippen LogP contribution in [0.25, 0.3) is 11.4 Å². The summed E-state index contributed by atoms with van der Waals surface area (Å²) in [6.07, 6.45) is 1.80. The molecule has 0 saturated carbocycles. The molecule has 3 rings (SSSR count). The van der Waals surface area contributed by atoms with E-state index in [1.165, 1.54) is 5.56 Å². The van der Waals surface area contributed by atoms with Gasteiger partial charge in [-0.2, -0.15) is 10.2 Å². The lowest BCUT2D eigenvalue weighted by Gasteiger charge is -2.10.